The summed E-state index contributed by atoms with van der Waals surface area (Å²) in [6.07, 6.45) is 3.22. The molecule has 0 fully saturated rings. The second-order valence-corrected chi connectivity index (χ2v) is 3.27. The number of aryl methyl sites for hydroxylation is 1. The standard InChI is InChI=1S/C8H12N2O/c1-5-2-3-7-6(4-5)10-8(9)11-7/h5H,2-4H2,1H3,(H2,9,10)/t5-/m0/s1. The molecule has 3 nitrogen and oxygen atoms in total. The van der Waals surface area contributed by atoms with E-state index in [0.717, 1.165) is 30.2 Å². The van der Waals surface area contributed by atoms with E-state index in [-0.39, 0.29) is 0 Å². The molecule has 60 valence electrons. The molecule has 2 N–H and O–H groups in total. The molecule has 1 aromatic heterocycles. The van der Waals surface area contributed by atoms with Gasteiger partial charge >= 0.3 is 0 Å². The fraction of sp³-hybridized carbons (Fsp3) is 0.625. The van der Waals surface area contributed by atoms with E-state index in [4.69, 9.17) is 10.2 Å². The lowest BCUT2D eigenvalue weighted by Gasteiger charge is -2.14. The van der Waals surface area contributed by atoms with E-state index in [0.29, 0.717) is 6.01 Å². The Bertz CT molecular complexity index is 267. The maximum Gasteiger partial charge on any atom is 0.292 e. The molecule has 0 bridgehead atoms. The second-order valence-electron chi connectivity index (χ2n) is 3.27. The van der Waals surface area contributed by atoms with E-state index in [1.165, 1.54) is 6.42 Å². The lowest BCUT2D eigenvalue weighted by atomic mass is 9.92. The van der Waals surface area contributed by atoms with Crippen molar-refractivity contribution in [2.24, 2.45) is 5.92 Å². The summed E-state index contributed by atoms with van der Waals surface area (Å²) < 4.78 is 5.22. The summed E-state index contributed by atoms with van der Waals surface area (Å²) in [6.45, 7) is 2.23. The Hall–Kier alpha value is -0.990. The van der Waals surface area contributed by atoms with Crippen LogP contribution in [0, 0.1) is 5.92 Å². The number of hydrogen-bond donors (Lipinski definition) is 1. The van der Waals surface area contributed by atoms with Crippen LogP contribution in [0.1, 0.15) is 24.8 Å². The molecule has 0 saturated heterocycles. The lowest BCUT2D eigenvalue weighted by molar-refractivity contribution is 0.431. The van der Waals surface area contributed by atoms with E-state index >= 15 is 0 Å². The molecule has 1 aliphatic carbocycles. The molecule has 0 unspecified atom stereocenters. The Morgan fingerprint density at radius 1 is 1.64 bits per heavy atom. The van der Waals surface area contributed by atoms with Crippen LogP contribution in [0.4, 0.5) is 6.01 Å². The second kappa shape index (κ2) is 2.26. The Labute approximate surface area is 65.6 Å². The van der Waals surface area contributed by atoms with Crippen LogP contribution < -0.4 is 5.73 Å². The smallest absolute Gasteiger partial charge is 0.292 e. The summed E-state index contributed by atoms with van der Waals surface area (Å²) >= 11 is 0. The number of nitrogen functional groups attached to an aromatic ring is 1. The number of aromatic nitrogens is 1. The first-order valence-corrected chi connectivity index (χ1v) is 4.00. The summed E-state index contributed by atoms with van der Waals surface area (Å²) in [5.41, 5.74) is 6.50. The van der Waals surface area contributed by atoms with Gasteiger partial charge in [-0.2, -0.15) is 4.98 Å². The fourth-order valence-corrected chi connectivity index (χ4v) is 1.57. The first-order chi connectivity index (χ1) is 5.25. The minimum Gasteiger partial charge on any atom is -0.429 e. The van der Waals surface area contributed by atoms with Gasteiger partial charge in [-0.25, -0.2) is 0 Å². The lowest BCUT2D eigenvalue weighted by Crippen LogP contribution is -2.09. The van der Waals surface area contributed by atoms with Gasteiger partial charge in [-0.05, 0) is 18.8 Å². The number of nitrogens with zero attached hydrogens (tertiary/aromatic N) is 1. The quantitative estimate of drug-likeness (QED) is 0.611. The summed E-state index contributed by atoms with van der Waals surface area (Å²) in [5, 5.41) is 0. The van der Waals surface area contributed by atoms with Crippen molar-refractivity contribution in [3.8, 4) is 0 Å². The van der Waals surface area contributed by atoms with E-state index in [1.807, 2.05) is 0 Å². The number of rotatable bonds is 0. The molecule has 0 aromatic carbocycles. The highest BCUT2D eigenvalue weighted by atomic mass is 16.4. The Balaban J connectivity index is 2.34. The number of fused-ring (bicyclic) bond motifs is 1. The van der Waals surface area contributed by atoms with Crippen LogP contribution in [0.5, 0.6) is 0 Å². The van der Waals surface area contributed by atoms with E-state index < -0.39 is 0 Å². The van der Waals surface area contributed by atoms with Gasteiger partial charge < -0.3 is 10.2 Å². The van der Waals surface area contributed by atoms with Gasteiger partial charge in [-0.15, -0.1) is 0 Å². The highest BCUT2D eigenvalue weighted by Crippen LogP contribution is 2.25. The summed E-state index contributed by atoms with van der Waals surface area (Å²) in [7, 11) is 0. The van der Waals surface area contributed by atoms with Crippen molar-refractivity contribution in [2.75, 3.05) is 5.73 Å². The Morgan fingerprint density at radius 3 is 3.27 bits per heavy atom. The number of anilines is 1. The molecule has 0 radical (unpaired) electrons. The molecule has 0 aliphatic heterocycles. The molecule has 11 heavy (non-hydrogen) atoms. The number of nitrogens with two attached hydrogens (primary N) is 1. The molecule has 0 saturated carbocycles. The van der Waals surface area contributed by atoms with Crippen LogP contribution in [0.25, 0.3) is 0 Å². The van der Waals surface area contributed by atoms with Gasteiger partial charge in [-0.1, -0.05) is 6.92 Å². The molecular weight excluding hydrogens is 140 g/mol. The van der Waals surface area contributed by atoms with Gasteiger partial charge in [0.1, 0.15) is 5.76 Å². The minimum atomic E-state index is 0.323. The molecule has 3 heteroatoms. The molecular formula is C8H12N2O. The zero-order valence-electron chi connectivity index (χ0n) is 6.63. The highest BCUT2D eigenvalue weighted by Gasteiger charge is 2.20. The van der Waals surface area contributed by atoms with Crippen molar-refractivity contribution in [1.82, 2.24) is 4.98 Å². The molecule has 1 aromatic rings. The predicted octanol–water partition coefficient (Wildman–Crippen LogP) is 1.38. The normalized spacial score (nSPS) is 23.2. The van der Waals surface area contributed by atoms with Gasteiger partial charge in [0.15, 0.2) is 0 Å². The molecule has 0 spiro atoms. The van der Waals surface area contributed by atoms with Crippen molar-refractivity contribution in [3.63, 3.8) is 0 Å². The van der Waals surface area contributed by atoms with Gasteiger partial charge in [0.05, 0.1) is 5.69 Å². The third kappa shape index (κ3) is 1.11. The monoisotopic (exact) mass is 152 g/mol. The van der Waals surface area contributed by atoms with Crippen LogP contribution in [-0.2, 0) is 12.8 Å². The maximum atomic E-state index is 5.43. The zero-order valence-corrected chi connectivity index (χ0v) is 6.63. The van der Waals surface area contributed by atoms with Crippen molar-refractivity contribution in [3.05, 3.63) is 11.5 Å². The highest BCUT2D eigenvalue weighted by molar-refractivity contribution is 5.22. The molecule has 0 amide bonds. The first kappa shape index (κ1) is 6.70. The maximum absolute atomic E-state index is 5.43. The average molecular weight is 152 g/mol. The summed E-state index contributed by atoms with van der Waals surface area (Å²) in [4.78, 5) is 4.11. The van der Waals surface area contributed by atoms with Crippen LogP contribution in [0.15, 0.2) is 4.42 Å². The van der Waals surface area contributed by atoms with Gasteiger partial charge in [-0.3, -0.25) is 0 Å². The third-order valence-electron chi connectivity index (χ3n) is 2.20. The van der Waals surface area contributed by atoms with Crippen molar-refractivity contribution >= 4 is 6.01 Å². The van der Waals surface area contributed by atoms with E-state index in [9.17, 15) is 0 Å². The fourth-order valence-electron chi connectivity index (χ4n) is 1.57. The van der Waals surface area contributed by atoms with E-state index in [1.54, 1.807) is 0 Å². The first-order valence-electron chi connectivity index (χ1n) is 4.00. The third-order valence-corrected chi connectivity index (χ3v) is 2.20. The predicted molar refractivity (Wildman–Crippen MR) is 42.1 cm³/mol. The zero-order chi connectivity index (χ0) is 7.84. The summed E-state index contributed by atoms with van der Waals surface area (Å²) in [6, 6.07) is 0.323. The molecule has 1 atom stereocenters. The van der Waals surface area contributed by atoms with Crippen LogP contribution >= 0.6 is 0 Å². The van der Waals surface area contributed by atoms with Crippen LogP contribution in [0.3, 0.4) is 0 Å². The average Bonchev–Trinajstić information content (AvgIpc) is 2.27. The topological polar surface area (TPSA) is 52.0 Å². The van der Waals surface area contributed by atoms with Gasteiger partial charge in [0.25, 0.3) is 6.01 Å². The van der Waals surface area contributed by atoms with Gasteiger partial charge in [0.2, 0.25) is 0 Å². The van der Waals surface area contributed by atoms with E-state index in [2.05, 4.69) is 11.9 Å². The Kier molecular flexibility index (Phi) is 1.37. The Morgan fingerprint density at radius 2 is 2.45 bits per heavy atom. The van der Waals surface area contributed by atoms with Crippen molar-refractivity contribution < 1.29 is 4.42 Å². The van der Waals surface area contributed by atoms with Crippen molar-refractivity contribution in [1.29, 1.82) is 0 Å². The molecule has 1 aliphatic rings. The SMILES string of the molecule is C[C@H]1CCc2oc(N)nc2C1. The van der Waals surface area contributed by atoms with Crippen LogP contribution in [0.2, 0.25) is 0 Å². The molecule has 1 heterocycles. The largest absolute Gasteiger partial charge is 0.429 e. The number of oxazole rings is 1. The number of hydrogen-bond acceptors (Lipinski definition) is 3. The molecule has 2 rings (SSSR count). The van der Waals surface area contributed by atoms with Gasteiger partial charge in [0, 0.05) is 6.42 Å². The minimum absolute atomic E-state index is 0.323. The van der Waals surface area contributed by atoms with Crippen molar-refractivity contribution in [2.45, 2.75) is 26.2 Å². The summed E-state index contributed by atoms with van der Waals surface area (Å²) in [5.74, 6) is 1.73. The van der Waals surface area contributed by atoms with Crippen LogP contribution in [-0.4, -0.2) is 4.98 Å².